The Hall–Kier alpha value is -0.660. The van der Waals surface area contributed by atoms with E-state index in [4.69, 9.17) is 14.6 Å². The number of hydrogen-bond acceptors (Lipinski definition) is 11. The van der Waals surface area contributed by atoms with Crippen LogP contribution in [0.15, 0.2) is 0 Å². The topological polar surface area (TPSA) is 192 Å². The van der Waals surface area contributed by atoms with E-state index in [1.807, 2.05) is 0 Å². The number of phosphoric ester groups is 1. The lowest BCUT2D eigenvalue weighted by Crippen LogP contribution is -2.58. The molecule has 13 heteroatoms. The molecule has 1 rings (SSSR count). The number of ether oxygens (including phenoxy) is 2. The van der Waals surface area contributed by atoms with Gasteiger partial charge in [-0.1, -0.05) is 96.8 Å². The first kappa shape index (κ1) is 37.4. The third kappa shape index (κ3) is 16.7. The molecule has 1 fully saturated rings. The van der Waals surface area contributed by atoms with E-state index < -0.39 is 70.4 Å². The summed E-state index contributed by atoms with van der Waals surface area (Å²) in [6.45, 7) is 0.322. The molecule has 0 aromatic heterocycles. The van der Waals surface area contributed by atoms with Crippen LogP contribution in [0, 0.1) is 0 Å². The van der Waals surface area contributed by atoms with Gasteiger partial charge in [-0.25, -0.2) is 4.57 Å². The second-order valence-corrected chi connectivity index (χ2v) is 12.0. The minimum absolute atomic E-state index is 0.213. The summed E-state index contributed by atoms with van der Waals surface area (Å²) < 4.78 is 31.4. The highest BCUT2D eigenvalue weighted by Gasteiger charge is 2.46. The fraction of sp³-hybridized carbons (Fsp3) is 0.963. The van der Waals surface area contributed by atoms with Crippen molar-refractivity contribution in [2.24, 2.45) is 0 Å². The molecule has 0 aliphatic carbocycles. The summed E-state index contributed by atoms with van der Waals surface area (Å²) >= 11 is 0. The van der Waals surface area contributed by atoms with Crippen molar-refractivity contribution < 1.29 is 58.3 Å². The maximum atomic E-state index is 12.1. The smallest absolute Gasteiger partial charge is 0.463 e. The Kier molecular flexibility index (Phi) is 20.5. The van der Waals surface area contributed by atoms with Crippen molar-refractivity contribution in [2.45, 2.75) is 146 Å². The molecule has 7 atom stereocenters. The molecular weight excluding hydrogens is 547 g/mol. The normalized spacial score (nSPS) is 25.4. The molecule has 1 aliphatic rings. The van der Waals surface area contributed by atoms with E-state index in [1.54, 1.807) is 0 Å². The van der Waals surface area contributed by atoms with Gasteiger partial charge in [0.1, 0.15) is 37.1 Å². The van der Waals surface area contributed by atoms with Gasteiger partial charge in [0.2, 0.25) is 0 Å². The number of hydrogen-bond donors (Lipinski definition) is 6. The van der Waals surface area contributed by atoms with Crippen molar-refractivity contribution >= 4 is 13.8 Å². The Morgan fingerprint density at radius 3 is 1.80 bits per heavy atom. The van der Waals surface area contributed by atoms with Gasteiger partial charge in [0, 0.05) is 6.42 Å². The zero-order valence-electron chi connectivity index (χ0n) is 24.0. The molecule has 0 aromatic carbocycles. The van der Waals surface area contributed by atoms with E-state index in [2.05, 4.69) is 16.0 Å². The summed E-state index contributed by atoms with van der Waals surface area (Å²) in [5.74, 6) is -0.488. The highest BCUT2D eigenvalue weighted by atomic mass is 31.2. The lowest BCUT2D eigenvalue weighted by atomic mass is 10.00. The summed E-state index contributed by atoms with van der Waals surface area (Å²) in [6.07, 6.45) is 8.55. The zero-order chi connectivity index (χ0) is 29.8. The Morgan fingerprint density at radius 1 is 0.800 bits per heavy atom. The van der Waals surface area contributed by atoms with Gasteiger partial charge in [-0.3, -0.25) is 13.8 Å². The number of esters is 1. The Balaban J connectivity index is 2.04. The van der Waals surface area contributed by atoms with Crippen molar-refractivity contribution in [1.82, 2.24) is 0 Å². The molecule has 0 saturated carbocycles. The molecular formula is C27H53O12P. The van der Waals surface area contributed by atoms with Gasteiger partial charge in [-0.2, -0.15) is 0 Å². The van der Waals surface area contributed by atoms with Gasteiger partial charge in [-0.15, -0.1) is 0 Å². The van der Waals surface area contributed by atoms with Gasteiger partial charge in [-0.05, 0) is 6.42 Å². The summed E-state index contributed by atoms with van der Waals surface area (Å²) in [7, 11) is -4.89. The number of phosphoric acid groups is 1. The average Bonchev–Trinajstić information content (AvgIpc) is 2.93. The predicted molar refractivity (Wildman–Crippen MR) is 147 cm³/mol. The standard InChI is InChI=1S/C27H53O12P/c1-2-3-4-5-6-7-8-9-10-11-12-13-14-15-16-17-23(30)36-19-21(29)20-37-40(34,35)39-27-26(33)25(32)24(31)22(18-28)38-27/h21-22,24-29,31-33H,2-20H2,1H3,(H,34,35)/t21-,22-,24-,25+,26-,27+/m1/s1. The monoisotopic (exact) mass is 600 g/mol. The largest absolute Gasteiger partial charge is 0.474 e. The number of carbonyl (C=O) groups is 1. The van der Waals surface area contributed by atoms with E-state index in [0.29, 0.717) is 6.42 Å². The van der Waals surface area contributed by atoms with Crippen LogP contribution in [0.5, 0.6) is 0 Å². The summed E-state index contributed by atoms with van der Waals surface area (Å²) in [5.41, 5.74) is 0. The van der Waals surface area contributed by atoms with Crippen molar-refractivity contribution in [3.8, 4) is 0 Å². The van der Waals surface area contributed by atoms with Crippen molar-refractivity contribution in [1.29, 1.82) is 0 Å². The first-order valence-electron chi connectivity index (χ1n) is 14.9. The second kappa shape index (κ2) is 22.0. The van der Waals surface area contributed by atoms with Crippen LogP contribution >= 0.6 is 7.82 Å². The van der Waals surface area contributed by atoms with Gasteiger partial charge < -0.3 is 39.9 Å². The first-order chi connectivity index (χ1) is 19.1. The highest BCUT2D eigenvalue weighted by molar-refractivity contribution is 7.47. The molecule has 0 spiro atoms. The van der Waals surface area contributed by atoms with Gasteiger partial charge >= 0.3 is 13.8 Å². The fourth-order valence-corrected chi connectivity index (χ4v) is 5.30. The highest BCUT2D eigenvalue weighted by Crippen LogP contribution is 2.46. The second-order valence-electron chi connectivity index (χ2n) is 10.6. The first-order valence-corrected chi connectivity index (χ1v) is 16.4. The maximum Gasteiger partial charge on any atom is 0.474 e. The van der Waals surface area contributed by atoms with Crippen LogP contribution in [0.3, 0.4) is 0 Å². The zero-order valence-corrected chi connectivity index (χ0v) is 24.9. The molecule has 40 heavy (non-hydrogen) atoms. The minimum atomic E-state index is -4.89. The number of aliphatic hydroxyl groups excluding tert-OH is 5. The summed E-state index contributed by atoms with van der Waals surface area (Å²) in [5, 5.41) is 48.4. The molecule has 1 aliphatic heterocycles. The summed E-state index contributed by atoms with van der Waals surface area (Å²) in [6, 6.07) is 0. The molecule has 1 unspecified atom stereocenters. The molecule has 6 N–H and O–H groups in total. The van der Waals surface area contributed by atoms with Crippen LogP contribution in [0.1, 0.15) is 110 Å². The fourth-order valence-electron chi connectivity index (χ4n) is 4.45. The molecule has 1 heterocycles. The molecule has 0 amide bonds. The minimum Gasteiger partial charge on any atom is -0.463 e. The Bertz CT molecular complexity index is 694. The van der Waals surface area contributed by atoms with Gasteiger partial charge in [0.25, 0.3) is 0 Å². The average molecular weight is 601 g/mol. The van der Waals surface area contributed by atoms with Crippen LogP contribution in [0.25, 0.3) is 0 Å². The number of unbranched alkanes of at least 4 members (excludes halogenated alkanes) is 14. The van der Waals surface area contributed by atoms with E-state index in [-0.39, 0.29) is 6.42 Å². The number of rotatable bonds is 24. The lowest BCUT2D eigenvalue weighted by Gasteiger charge is -2.39. The van der Waals surface area contributed by atoms with Crippen LogP contribution in [0.2, 0.25) is 0 Å². The molecule has 0 aromatic rings. The molecule has 1 saturated heterocycles. The van der Waals surface area contributed by atoms with Crippen LogP contribution in [-0.2, 0) is 27.9 Å². The number of carbonyl (C=O) groups excluding carboxylic acids is 1. The molecule has 238 valence electrons. The van der Waals surface area contributed by atoms with Crippen molar-refractivity contribution in [3.63, 3.8) is 0 Å². The van der Waals surface area contributed by atoms with Crippen LogP contribution in [0.4, 0.5) is 0 Å². The summed E-state index contributed by atoms with van der Waals surface area (Å²) in [4.78, 5) is 21.7. The number of aliphatic hydroxyl groups is 5. The maximum absolute atomic E-state index is 12.1. The predicted octanol–water partition coefficient (Wildman–Crippen LogP) is 3.09. The lowest BCUT2D eigenvalue weighted by molar-refractivity contribution is -0.281. The van der Waals surface area contributed by atoms with E-state index in [0.717, 1.165) is 19.3 Å². The SMILES string of the molecule is CCCCCCCCCCCCCCCCCC(=O)OC[C@@H](O)COP(=O)(O)O[C@@H]1O[C@H](CO)[C@@H](O)[C@H](O)[C@H]1O. The quantitative estimate of drug-likeness (QED) is 0.0540. The molecule has 12 nitrogen and oxygen atoms in total. The van der Waals surface area contributed by atoms with Crippen molar-refractivity contribution in [2.75, 3.05) is 19.8 Å². The van der Waals surface area contributed by atoms with Crippen molar-refractivity contribution in [3.05, 3.63) is 0 Å². The van der Waals surface area contributed by atoms with Gasteiger partial charge in [0.05, 0.1) is 13.2 Å². The van der Waals surface area contributed by atoms with E-state index in [1.165, 1.54) is 70.6 Å². The third-order valence-electron chi connectivity index (χ3n) is 6.94. The van der Waals surface area contributed by atoms with Gasteiger partial charge in [0.15, 0.2) is 6.29 Å². The molecule has 0 bridgehead atoms. The molecule has 0 radical (unpaired) electrons. The Labute approximate surface area is 238 Å². The third-order valence-corrected chi connectivity index (χ3v) is 7.89. The van der Waals surface area contributed by atoms with Crippen LogP contribution < -0.4 is 0 Å². The van der Waals surface area contributed by atoms with E-state index in [9.17, 15) is 34.7 Å². The van der Waals surface area contributed by atoms with E-state index >= 15 is 0 Å². The Morgan fingerprint density at radius 2 is 1.30 bits per heavy atom. The van der Waals surface area contributed by atoms with Crippen LogP contribution in [-0.4, -0.2) is 93.0 Å².